The minimum absolute atomic E-state index is 0.475. The Hall–Kier alpha value is -3.95. The summed E-state index contributed by atoms with van der Waals surface area (Å²) < 4.78 is 0. The average Bonchev–Trinajstić information content (AvgIpc) is 2.82. The summed E-state index contributed by atoms with van der Waals surface area (Å²) in [4.78, 5) is 4.93. The molecule has 5 aromatic carbocycles. The van der Waals surface area contributed by atoms with Crippen molar-refractivity contribution in [2.45, 2.75) is 0 Å². The van der Waals surface area contributed by atoms with Gasteiger partial charge in [0, 0.05) is 16.3 Å². The number of hydroxylamine groups is 1. The fourth-order valence-electron chi connectivity index (χ4n) is 3.75. The largest absolute Gasteiger partial charge is 0.282 e. The Morgan fingerprint density at radius 2 is 1.13 bits per heavy atom. The van der Waals surface area contributed by atoms with E-state index in [4.69, 9.17) is 4.99 Å². The highest BCUT2D eigenvalue weighted by atomic mass is 16.5. The summed E-state index contributed by atoms with van der Waals surface area (Å²) in [6, 6.07) is 37.9. The zero-order chi connectivity index (χ0) is 20.3. The third-order valence-electron chi connectivity index (χ3n) is 5.22. The zero-order valence-electron chi connectivity index (χ0n) is 16.3. The van der Waals surface area contributed by atoms with Gasteiger partial charge >= 0.3 is 0 Å². The van der Waals surface area contributed by atoms with Crippen molar-refractivity contribution in [1.29, 1.82) is 0 Å². The van der Waals surface area contributed by atoms with Gasteiger partial charge in [0.25, 0.3) is 0 Å². The van der Waals surface area contributed by atoms with Gasteiger partial charge < -0.3 is 0 Å². The fraction of sp³-hybridized carbons (Fsp3) is 0. The molecule has 5 rings (SSSR count). The SMILES string of the molecule is ON(C(=Nc1cccc2ccccc12)c1ccccc1)c1cccc2ccccc12. The summed E-state index contributed by atoms with van der Waals surface area (Å²) in [6.07, 6.45) is 0. The third kappa shape index (κ3) is 3.32. The van der Waals surface area contributed by atoms with Crippen LogP contribution in [0, 0.1) is 0 Å². The Kier molecular flexibility index (Phi) is 4.72. The molecule has 0 amide bonds. The van der Waals surface area contributed by atoms with E-state index in [0.29, 0.717) is 11.5 Å². The standard InChI is InChI=1S/C27H20N2O/c30-29(26-19-9-15-21-11-5-7-17-24(21)26)27(22-12-2-1-3-13-22)28-25-18-8-14-20-10-4-6-16-23(20)25/h1-19,30H. The van der Waals surface area contributed by atoms with E-state index >= 15 is 0 Å². The van der Waals surface area contributed by atoms with E-state index in [1.165, 1.54) is 5.06 Å². The molecule has 1 N–H and O–H groups in total. The number of hydrogen-bond acceptors (Lipinski definition) is 2. The Labute approximate surface area is 175 Å². The molecular weight excluding hydrogens is 368 g/mol. The first kappa shape index (κ1) is 18.1. The lowest BCUT2D eigenvalue weighted by Crippen LogP contribution is -2.28. The second-order valence-corrected chi connectivity index (χ2v) is 7.11. The molecule has 0 saturated heterocycles. The molecule has 0 saturated carbocycles. The molecule has 0 fully saturated rings. The van der Waals surface area contributed by atoms with Crippen LogP contribution in [-0.4, -0.2) is 11.0 Å². The third-order valence-corrected chi connectivity index (χ3v) is 5.22. The molecular formula is C27H20N2O. The van der Waals surface area contributed by atoms with Crippen LogP contribution in [0.2, 0.25) is 0 Å². The first-order chi connectivity index (χ1) is 14.8. The van der Waals surface area contributed by atoms with E-state index in [-0.39, 0.29) is 0 Å². The summed E-state index contributed by atoms with van der Waals surface area (Å²) in [5, 5.41) is 16.7. The molecule has 30 heavy (non-hydrogen) atoms. The maximum absolute atomic E-state index is 11.4. The number of hydrogen-bond donors (Lipinski definition) is 1. The molecule has 3 heteroatoms. The smallest absolute Gasteiger partial charge is 0.165 e. The molecule has 5 aromatic rings. The molecule has 0 radical (unpaired) electrons. The molecule has 0 spiro atoms. The average molecular weight is 388 g/mol. The lowest BCUT2D eigenvalue weighted by atomic mass is 10.1. The summed E-state index contributed by atoms with van der Waals surface area (Å²) in [7, 11) is 0. The number of anilines is 1. The van der Waals surface area contributed by atoms with Crippen LogP contribution in [0.4, 0.5) is 11.4 Å². The molecule has 0 aromatic heterocycles. The van der Waals surface area contributed by atoms with Gasteiger partial charge in [-0.3, -0.25) is 5.21 Å². The number of aliphatic imine (C=N–C) groups is 1. The van der Waals surface area contributed by atoms with Gasteiger partial charge in [-0.2, -0.15) is 0 Å². The normalized spacial score (nSPS) is 11.7. The number of benzene rings is 5. The molecule has 0 bridgehead atoms. The Morgan fingerprint density at radius 3 is 1.90 bits per heavy atom. The Balaban J connectivity index is 1.72. The van der Waals surface area contributed by atoms with Crippen LogP contribution < -0.4 is 5.06 Å². The second-order valence-electron chi connectivity index (χ2n) is 7.11. The number of rotatable bonds is 3. The van der Waals surface area contributed by atoms with Crippen LogP contribution in [0.3, 0.4) is 0 Å². The number of amidine groups is 1. The maximum Gasteiger partial charge on any atom is 0.165 e. The first-order valence-corrected chi connectivity index (χ1v) is 9.90. The van der Waals surface area contributed by atoms with Crippen molar-refractivity contribution in [2.75, 3.05) is 5.06 Å². The summed E-state index contributed by atoms with van der Waals surface area (Å²) >= 11 is 0. The monoisotopic (exact) mass is 388 g/mol. The van der Waals surface area contributed by atoms with E-state index in [0.717, 1.165) is 32.8 Å². The molecule has 0 aliphatic rings. The van der Waals surface area contributed by atoms with Gasteiger partial charge in [-0.15, -0.1) is 0 Å². The van der Waals surface area contributed by atoms with E-state index in [9.17, 15) is 5.21 Å². The van der Waals surface area contributed by atoms with Crippen molar-refractivity contribution in [1.82, 2.24) is 0 Å². The van der Waals surface area contributed by atoms with Crippen LogP contribution >= 0.6 is 0 Å². The maximum atomic E-state index is 11.4. The van der Waals surface area contributed by atoms with Gasteiger partial charge in [0.05, 0.1) is 11.4 Å². The molecule has 0 aliphatic heterocycles. The predicted molar refractivity (Wildman–Crippen MR) is 125 cm³/mol. The minimum Gasteiger partial charge on any atom is -0.282 e. The Morgan fingerprint density at radius 1 is 0.567 bits per heavy atom. The molecule has 0 unspecified atom stereocenters. The van der Waals surface area contributed by atoms with Crippen LogP contribution in [0.15, 0.2) is 120 Å². The van der Waals surface area contributed by atoms with E-state index in [1.807, 2.05) is 97.1 Å². The van der Waals surface area contributed by atoms with Crippen LogP contribution in [0.25, 0.3) is 21.5 Å². The van der Waals surface area contributed by atoms with Gasteiger partial charge in [0.15, 0.2) is 5.84 Å². The van der Waals surface area contributed by atoms with Gasteiger partial charge in [-0.05, 0) is 22.9 Å². The van der Waals surface area contributed by atoms with Gasteiger partial charge in [-0.25, -0.2) is 10.1 Å². The highest BCUT2D eigenvalue weighted by Gasteiger charge is 2.17. The topological polar surface area (TPSA) is 35.8 Å². The van der Waals surface area contributed by atoms with Crippen molar-refractivity contribution in [2.24, 2.45) is 4.99 Å². The lowest BCUT2D eigenvalue weighted by molar-refractivity contribution is 0.314. The van der Waals surface area contributed by atoms with Crippen LogP contribution in [-0.2, 0) is 0 Å². The minimum atomic E-state index is 0.475. The molecule has 0 atom stereocenters. The van der Waals surface area contributed by atoms with Crippen molar-refractivity contribution in [3.63, 3.8) is 0 Å². The highest BCUT2D eigenvalue weighted by molar-refractivity contribution is 6.14. The first-order valence-electron chi connectivity index (χ1n) is 9.90. The molecule has 3 nitrogen and oxygen atoms in total. The van der Waals surface area contributed by atoms with Crippen molar-refractivity contribution >= 4 is 38.8 Å². The summed E-state index contributed by atoms with van der Waals surface area (Å²) in [5.41, 5.74) is 2.34. The van der Waals surface area contributed by atoms with Crippen molar-refractivity contribution in [3.05, 3.63) is 121 Å². The van der Waals surface area contributed by atoms with E-state index in [2.05, 4.69) is 18.2 Å². The van der Waals surface area contributed by atoms with E-state index in [1.54, 1.807) is 0 Å². The van der Waals surface area contributed by atoms with E-state index < -0.39 is 0 Å². The zero-order valence-corrected chi connectivity index (χ0v) is 16.3. The van der Waals surface area contributed by atoms with Gasteiger partial charge in [-0.1, -0.05) is 103 Å². The molecule has 144 valence electrons. The van der Waals surface area contributed by atoms with Gasteiger partial charge in [0.2, 0.25) is 0 Å². The quantitative estimate of drug-likeness (QED) is 0.206. The fourth-order valence-corrected chi connectivity index (χ4v) is 3.75. The lowest BCUT2D eigenvalue weighted by Gasteiger charge is -2.21. The summed E-state index contributed by atoms with van der Waals surface area (Å²) in [6.45, 7) is 0. The van der Waals surface area contributed by atoms with Gasteiger partial charge in [0.1, 0.15) is 0 Å². The molecule has 0 aliphatic carbocycles. The molecule has 0 heterocycles. The van der Waals surface area contributed by atoms with Crippen LogP contribution in [0.1, 0.15) is 5.56 Å². The second kappa shape index (κ2) is 7.82. The number of nitrogens with zero attached hydrogens (tertiary/aromatic N) is 2. The number of fused-ring (bicyclic) bond motifs is 2. The van der Waals surface area contributed by atoms with Crippen molar-refractivity contribution < 1.29 is 5.21 Å². The van der Waals surface area contributed by atoms with Crippen molar-refractivity contribution in [3.8, 4) is 0 Å². The summed E-state index contributed by atoms with van der Waals surface area (Å²) in [5.74, 6) is 0.475. The van der Waals surface area contributed by atoms with Crippen LogP contribution in [0.5, 0.6) is 0 Å². The Bertz CT molecular complexity index is 1350. The predicted octanol–water partition coefficient (Wildman–Crippen LogP) is 6.97. The highest BCUT2D eigenvalue weighted by Crippen LogP contribution is 2.30.